The van der Waals surface area contributed by atoms with Crippen molar-refractivity contribution in [2.45, 2.75) is 87.3 Å². The van der Waals surface area contributed by atoms with Gasteiger partial charge >= 0.3 is 12.1 Å². The number of rotatable bonds is 9. The molecule has 0 spiro atoms. The SMILES string of the molecule is COc1ccc2c(O[C@@H]3C[C@H]4C(=O)N[C@]5(C(=O)NS(=O)(=O)C6(CF)CC6)CC5/C=C\CC[C@@H](C)C[C@@H](C)[C@H](NC(=O)O)C(=O)N4C3)nc(OC)nc2c1. The first kappa shape index (κ1) is 38.0. The monoisotopic (exact) mass is 760 g/mol. The highest BCUT2D eigenvalue weighted by Crippen LogP contribution is 2.48. The number of hydrogen-bond donors (Lipinski definition) is 4. The lowest BCUT2D eigenvalue weighted by Crippen LogP contribution is -2.59. The Kier molecular flexibility index (Phi) is 10.5. The van der Waals surface area contributed by atoms with E-state index in [9.17, 15) is 37.1 Å². The van der Waals surface area contributed by atoms with E-state index < -0.39 is 80.8 Å². The van der Waals surface area contributed by atoms with Gasteiger partial charge in [0.15, 0.2) is 0 Å². The molecule has 1 unspecified atom stereocenters. The number of amides is 4. The molecule has 2 aromatic rings. The minimum Gasteiger partial charge on any atom is -0.497 e. The molecule has 18 heteroatoms. The Hall–Kier alpha value is -4.74. The lowest BCUT2D eigenvalue weighted by Gasteiger charge is -2.32. The van der Waals surface area contributed by atoms with E-state index in [1.807, 2.05) is 17.7 Å². The number of carboxylic acid groups (broad SMARTS) is 1. The van der Waals surface area contributed by atoms with Crippen molar-refractivity contribution in [3.05, 3.63) is 30.4 Å². The third-order valence-electron chi connectivity index (χ3n) is 10.9. The molecule has 2 aliphatic heterocycles. The number of ether oxygens (including phenoxy) is 3. The Labute approximate surface area is 306 Å². The van der Waals surface area contributed by atoms with Crippen LogP contribution >= 0.6 is 0 Å². The average molecular weight is 761 g/mol. The van der Waals surface area contributed by atoms with Crippen molar-refractivity contribution < 1.29 is 51.3 Å². The summed E-state index contributed by atoms with van der Waals surface area (Å²) in [5, 5.41) is 15.4. The maximum absolute atomic E-state index is 14.4. The molecule has 0 radical (unpaired) electrons. The predicted molar refractivity (Wildman–Crippen MR) is 187 cm³/mol. The van der Waals surface area contributed by atoms with Crippen molar-refractivity contribution >= 4 is 44.7 Å². The fourth-order valence-corrected chi connectivity index (χ4v) is 8.84. The number of aromatic nitrogens is 2. The van der Waals surface area contributed by atoms with Gasteiger partial charge in [-0.15, -0.1) is 0 Å². The summed E-state index contributed by atoms with van der Waals surface area (Å²) < 4.78 is 57.3. The van der Waals surface area contributed by atoms with Crippen molar-refractivity contribution in [2.75, 3.05) is 27.4 Å². The van der Waals surface area contributed by atoms with E-state index in [4.69, 9.17) is 14.2 Å². The van der Waals surface area contributed by atoms with Crippen LogP contribution in [-0.4, -0.2) is 108 Å². The molecule has 53 heavy (non-hydrogen) atoms. The molecule has 2 aliphatic carbocycles. The molecule has 4 aliphatic rings. The summed E-state index contributed by atoms with van der Waals surface area (Å²) >= 11 is 0. The Bertz CT molecular complexity index is 1920. The Balaban J connectivity index is 1.35. The van der Waals surface area contributed by atoms with Gasteiger partial charge in [-0.2, -0.15) is 9.97 Å². The molecule has 3 fully saturated rings. The molecule has 7 atom stereocenters. The zero-order chi connectivity index (χ0) is 38.3. The van der Waals surface area contributed by atoms with Crippen LogP contribution in [0.15, 0.2) is 30.4 Å². The number of nitrogens with one attached hydrogen (secondary N) is 3. The maximum atomic E-state index is 14.4. The largest absolute Gasteiger partial charge is 0.497 e. The van der Waals surface area contributed by atoms with Crippen LogP contribution in [0.5, 0.6) is 17.6 Å². The van der Waals surface area contributed by atoms with E-state index in [1.54, 1.807) is 31.2 Å². The molecule has 4 N–H and O–H groups in total. The summed E-state index contributed by atoms with van der Waals surface area (Å²) in [5.74, 6) is -2.75. The molecule has 16 nitrogen and oxygen atoms in total. The smallest absolute Gasteiger partial charge is 0.405 e. The first-order valence-electron chi connectivity index (χ1n) is 17.6. The first-order valence-corrected chi connectivity index (χ1v) is 19.1. The van der Waals surface area contributed by atoms with Gasteiger partial charge in [0, 0.05) is 18.4 Å². The highest BCUT2D eigenvalue weighted by atomic mass is 32.2. The van der Waals surface area contributed by atoms with Crippen LogP contribution in [0.3, 0.4) is 0 Å². The van der Waals surface area contributed by atoms with Gasteiger partial charge in [-0.1, -0.05) is 26.0 Å². The van der Waals surface area contributed by atoms with Crippen molar-refractivity contribution in [3.8, 4) is 17.6 Å². The summed E-state index contributed by atoms with van der Waals surface area (Å²) in [6, 6.07) is 2.56. The van der Waals surface area contributed by atoms with Crippen LogP contribution < -0.4 is 29.6 Å². The van der Waals surface area contributed by atoms with Gasteiger partial charge in [0.25, 0.3) is 5.91 Å². The zero-order valence-electron chi connectivity index (χ0n) is 30.0. The molecule has 2 saturated carbocycles. The van der Waals surface area contributed by atoms with Crippen LogP contribution in [0.25, 0.3) is 10.9 Å². The van der Waals surface area contributed by atoms with Crippen LogP contribution in [0, 0.1) is 17.8 Å². The van der Waals surface area contributed by atoms with Gasteiger partial charge in [0.05, 0.1) is 31.7 Å². The fourth-order valence-electron chi connectivity index (χ4n) is 7.41. The molecule has 0 bridgehead atoms. The molecule has 1 aromatic heterocycles. The van der Waals surface area contributed by atoms with Crippen LogP contribution in [0.2, 0.25) is 0 Å². The third-order valence-corrected chi connectivity index (χ3v) is 13.0. The molecular weight excluding hydrogens is 715 g/mol. The number of methoxy groups -OCH3 is 2. The second-order valence-electron chi connectivity index (χ2n) is 14.7. The van der Waals surface area contributed by atoms with E-state index in [2.05, 4.69) is 20.6 Å². The number of nitrogens with zero attached hydrogens (tertiary/aromatic N) is 3. The topological polar surface area (TPSA) is 215 Å². The lowest BCUT2D eigenvalue weighted by molar-refractivity contribution is -0.142. The van der Waals surface area contributed by atoms with Crippen molar-refractivity contribution in [3.63, 3.8) is 0 Å². The van der Waals surface area contributed by atoms with Gasteiger partial charge in [0.2, 0.25) is 27.7 Å². The highest BCUT2D eigenvalue weighted by Gasteiger charge is 2.64. The number of alkyl halides is 1. The number of fused-ring (bicyclic) bond motifs is 3. The van der Waals surface area contributed by atoms with Crippen LogP contribution in [0.1, 0.15) is 58.8 Å². The summed E-state index contributed by atoms with van der Waals surface area (Å²) in [7, 11) is -1.51. The third kappa shape index (κ3) is 7.55. The lowest BCUT2D eigenvalue weighted by atomic mass is 9.88. The van der Waals surface area contributed by atoms with Crippen molar-refractivity contribution in [2.24, 2.45) is 17.8 Å². The summed E-state index contributed by atoms with van der Waals surface area (Å²) in [4.78, 5) is 64.5. The van der Waals surface area contributed by atoms with Crippen LogP contribution in [0.4, 0.5) is 9.18 Å². The Morgan fingerprint density at radius 1 is 1.13 bits per heavy atom. The number of carbonyl (C=O) groups is 4. The average Bonchev–Trinajstić information content (AvgIpc) is 4.02. The summed E-state index contributed by atoms with van der Waals surface area (Å²) in [5.41, 5.74) is -1.24. The van der Waals surface area contributed by atoms with Gasteiger partial charge in [0.1, 0.15) is 40.9 Å². The van der Waals surface area contributed by atoms with Gasteiger partial charge in [-0.25, -0.2) is 17.6 Å². The number of hydrogen-bond acceptors (Lipinski definition) is 11. The van der Waals surface area contributed by atoms with Gasteiger partial charge < -0.3 is 34.9 Å². The van der Waals surface area contributed by atoms with Gasteiger partial charge in [-0.05, 0) is 62.5 Å². The van der Waals surface area contributed by atoms with E-state index in [-0.39, 0.29) is 50.0 Å². The fraction of sp³-hybridized carbons (Fsp3) is 0.600. The van der Waals surface area contributed by atoms with E-state index in [0.717, 1.165) is 0 Å². The molecule has 4 amide bonds. The highest BCUT2D eigenvalue weighted by molar-refractivity contribution is 7.91. The predicted octanol–water partition coefficient (Wildman–Crippen LogP) is 2.47. The van der Waals surface area contributed by atoms with Crippen LogP contribution in [-0.2, 0) is 24.4 Å². The number of benzene rings is 1. The quantitative estimate of drug-likeness (QED) is 0.271. The molecule has 1 saturated heterocycles. The Morgan fingerprint density at radius 2 is 1.89 bits per heavy atom. The minimum atomic E-state index is -4.40. The second-order valence-corrected chi connectivity index (χ2v) is 16.7. The first-order chi connectivity index (χ1) is 25.2. The molecule has 288 valence electrons. The summed E-state index contributed by atoms with van der Waals surface area (Å²) in [6.45, 7) is 2.46. The molecular formula is C35H45FN6O10S. The van der Waals surface area contributed by atoms with E-state index in [0.29, 0.717) is 35.9 Å². The zero-order valence-corrected chi connectivity index (χ0v) is 30.8. The van der Waals surface area contributed by atoms with E-state index >= 15 is 0 Å². The number of sulfonamides is 1. The standard InChI is InChI=1S/C35H45FN6O10S/c1-19-7-5-6-8-21-16-35(21,31(45)41-53(48,49)34(18-36)11-12-34)40-28(43)26-15-23(17-42(26)30(44)27(20(2)13-19)38-33(46)47)52-29-24-10-9-22(50-3)14-25(24)37-32(39-29)51-4/h6,8-10,14,19-21,23,26-27,38H,5,7,11-13,15-18H2,1-4H3,(H,40,43)(H,41,45)(H,46,47)/b8-6-/t19-,20-,21?,23-,26+,27+,35-/m1/s1. The van der Waals surface area contributed by atoms with Crippen molar-refractivity contribution in [1.82, 2.24) is 30.2 Å². The molecule has 6 rings (SSSR count). The minimum absolute atomic E-state index is 0.00689. The number of halogens is 1. The second kappa shape index (κ2) is 14.6. The molecule has 1 aromatic carbocycles. The van der Waals surface area contributed by atoms with Crippen molar-refractivity contribution in [1.29, 1.82) is 0 Å². The maximum Gasteiger partial charge on any atom is 0.405 e. The normalized spacial score (nSPS) is 30.4. The number of allylic oxidation sites excluding steroid dienone is 1. The Morgan fingerprint density at radius 3 is 2.55 bits per heavy atom. The number of carbonyl (C=O) groups excluding carboxylic acids is 3. The summed E-state index contributed by atoms with van der Waals surface area (Å²) in [6.07, 6.45) is 3.27. The van der Waals surface area contributed by atoms with Gasteiger partial charge in [-0.3, -0.25) is 19.1 Å². The molecule has 3 heterocycles. The van der Waals surface area contributed by atoms with E-state index in [1.165, 1.54) is 19.1 Å².